The van der Waals surface area contributed by atoms with Gasteiger partial charge in [-0.25, -0.2) is 0 Å². The summed E-state index contributed by atoms with van der Waals surface area (Å²) < 4.78 is 2.26. The zero-order valence-electron chi connectivity index (χ0n) is 16.2. The molecule has 0 saturated carbocycles. The van der Waals surface area contributed by atoms with E-state index in [2.05, 4.69) is 58.7 Å². The molecule has 144 valence electrons. The fourth-order valence-corrected chi connectivity index (χ4v) is 4.74. The van der Waals surface area contributed by atoms with Crippen LogP contribution in [0.2, 0.25) is 5.02 Å². The molecule has 0 radical (unpaired) electrons. The zero-order valence-corrected chi connectivity index (χ0v) is 17.8. The SMILES string of the molecule is CCN1C(=S)N[C@@H](c2ccccn2)[C@H]1c1cc(C)n(-c2cccc(Cl)c2)c1C. The lowest BCUT2D eigenvalue weighted by atomic mass is 9.97. The van der Waals surface area contributed by atoms with Crippen molar-refractivity contribution >= 4 is 28.9 Å². The normalized spacial score (nSPS) is 19.1. The summed E-state index contributed by atoms with van der Waals surface area (Å²) in [5.41, 5.74) is 5.68. The van der Waals surface area contributed by atoms with Crippen LogP contribution in [-0.4, -0.2) is 26.1 Å². The largest absolute Gasteiger partial charge is 0.352 e. The van der Waals surface area contributed by atoms with Gasteiger partial charge < -0.3 is 14.8 Å². The van der Waals surface area contributed by atoms with E-state index >= 15 is 0 Å². The van der Waals surface area contributed by atoms with Gasteiger partial charge in [-0.1, -0.05) is 23.7 Å². The van der Waals surface area contributed by atoms with Crippen LogP contribution in [0.4, 0.5) is 0 Å². The fraction of sp³-hybridized carbons (Fsp3) is 0.273. The maximum Gasteiger partial charge on any atom is 0.170 e. The molecule has 0 unspecified atom stereocenters. The first-order valence-corrected chi connectivity index (χ1v) is 10.2. The Morgan fingerprint density at radius 3 is 2.64 bits per heavy atom. The second kappa shape index (κ2) is 7.57. The molecule has 1 aliphatic rings. The van der Waals surface area contributed by atoms with Gasteiger partial charge in [0, 0.05) is 34.8 Å². The molecule has 3 aromatic rings. The quantitative estimate of drug-likeness (QED) is 0.604. The van der Waals surface area contributed by atoms with Crippen LogP contribution in [0.3, 0.4) is 0 Å². The van der Waals surface area contributed by atoms with E-state index < -0.39 is 0 Å². The van der Waals surface area contributed by atoms with Crippen LogP contribution >= 0.6 is 23.8 Å². The highest BCUT2D eigenvalue weighted by molar-refractivity contribution is 7.80. The van der Waals surface area contributed by atoms with Crippen molar-refractivity contribution in [2.45, 2.75) is 32.9 Å². The van der Waals surface area contributed by atoms with Gasteiger partial charge in [-0.3, -0.25) is 4.98 Å². The minimum atomic E-state index is 0.0157. The molecule has 28 heavy (non-hydrogen) atoms. The molecule has 0 amide bonds. The molecule has 0 bridgehead atoms. The fourth-order valence-electron chi connectivity index (χ4n) is 4.18. The standard InChI is InChI=1S/C22H23ClN4S/c1-4-26-21(20(25-22(26)28)19-10-5-6-11-24-19)18-12-14(2)27(15(18)3)17-9-7-8-16(23)13-17/h5-13,20-21H,4H2,1-3H3,(H,25,28)/t20-,21+/m0/s1. The summed E-state index contributed by atoms with van der Waals surface area (Å²) in [6.45, 7) is 7.26. The summed E-state index contributed by atoms with van der Waals surface area (Å²) in [5, 5.41) is 5.00. The number of nitrogens with one attached hydrogen (secondary N) is 1. The molecule has 0 spiro atoms. The molecular weight excluding hydrogens is 388 g/mol. The molecule has 1 aromatic carbocycles. The highest BCUT2D eigenvalue weighted by atomic mass is 35.5. The van der Waals surface area contributed by atoms with Crippen LogP contribution in [0, 0.1) is 13.8 Å². The lowest BCUT2D eigenvalue weighted by molar-refractivity contribution is 0.329. The maximum atomic E-state index is 6.24. The lowest BCUT2D eigenvalue weighted by Gasteiger charge is -2.27. The van der Waals surface area contributed by atoms with Crippen molar-refractivity contribution in [2.24, 2.45) is 0 Å². The van der Waals surface area contributed by atoms with E-state index in [4.69, 9.17) is 23.8 Å². The minimum Gasteiger partial charge on any atom is -0.352 e. The number of likely N-dealkylation sites (N-methyl/N-ethyl adjacent to an activating group) is 1. The maximum absolute atomic E-state index is 6.24. The predicted molar refractivity (Wildman–Crippen MR) is 118 cm³/mol. The number of halogens is 1. The number of aromatic nitrogens is 2. The molecule has 1 N–H and O–H groups in total. The van der Waals surface area contributed by atoms with E-state index in [1.165, 1.54) is 17.0 Å². The van der Waals surface area contributed by atoms with Gasteiger partial charge in [0.05, 0.1) is 17.8 Å². The number of pyridine rings is 1. The Morgan fingerprint density at radius 1 is 1.14 bits per heavy atom. The minimum absolute atomic E-state index is 0.0157. The van der Waals surface area contributed by atoms with Crippen LogP contribution in [0.1, 0.15) is 41.7 Å². The van der Waals surface area contributed by atoms with Gasteiger partial charge in [-0.05, 0) is 75.0 Å². The Morgan fingerprint density at radius 2 is 1.96 bits per heavy atom. The van der Waals surface area contributed by atoms with Gasteiger partial charge in [0.15, 0.2) is 5.11 Å². The molecule has 6 heteroatoms. The molecule has 0 aliphatic carbocycles. The topological polar surface area (TPSA) is 33.1 Å². The molecule has 4 rings (SSSR count). The summed E-state index contributed by atoms with van der Waals surface area (Å²) in [6, 6.07) is 16.3. The predicted octanol–water partition coefficient (Wildman–Crippen LogP) is 5.13. The number of hydrogen-bond acceptors (Lipinski definition) is 2. The van der Waals surface area contributed by atoms with Gasteiger partial charge in [0.2, 0.25) is 0 Å². The molecule has 3 heterocycles. The second-order valence-electron chi connectivity index (χ2n) is 7.05. The zero-order chi connectivity index (χ0) is 19.8. The van der Waals surface area contributed by atoms with Crippen molar-refractivity contribution in [1.82, 2.24) is 19.8 Å². The summed E-state index contributed by atoms with van der Waals surface area (Å²) in [5.74, 6) is 0. The first-order valence-electron chi connectivity index (χ1n) is 9.44. The van der Waals surface area contributed by atoms with Crippen LogP contribution < -0.4 is 5.32 Å². The monoisotopic (exact) mass is 410 g/mol. The first-order chi connectivity index (χ1) is 13.5. The molecule has 1 aliphatic heterocycles. The van der Waals surface area contributed by atoms with Crippen molar-refractivity contribution < 1.29 is 0 Å². The van der Waals surface area contributed by atoms with Crippen molar-refractivity contribution in [3.05, 3.63) is 82.4 Å². The summed E-state index contributed by atoms with van der Waals surface area (Å²) >= 11 is 11.9. The first kappa shape index (κ1) is 19.0. The van der Waals surface area contributed by atoms with E-state index in [0.29, 0.717) is 0 Å². The molecular formula is C22H23ClN4S. The van der Waals surface area contributed by atoms with E-state index in [-0.39, 0.29) is 12.1 Å². The number of hydrogen-bond donors (Lipinski definition) is 1. The smallest absolute Gasteiger partial charge is 0.170 e. The Labute approximate surface area is 176 Å². The second-order valence-corrected chi connectivity index (χ2v) is 7.88. The van der Waals surface area contributed by atoms with Crippen molar-refractivity contribution in [1.29, 1.82) is 0 Å². The van der Waals surface area contributed by atoms with Crippen LogP contribution in [0.15, 0.2) is 54.7 Å². The number of aryl methyl sites for hydroxylation is 1. The van der Waals surface area contributed by atoms with Crippen molar-refractivity contribution in [3.63, 3.8) is 0 Å². The Kier molecular flexibility index (Phi) is 5.13. The summed E-state index contributed by atoms with van der Waals surface area (Å²) in [6.07, 6.45) is 1.83. The molecule has 1 saturated heterocycles. The van der Waals surface area contributed by atoms with Gasteiger partial charge in [-0.15, -0.1) is 0 Å². The van der Waals surface area contributed by atoms with Gasteiger partial charge in [0.25, 0.3) is 0 Å². The number of thiocarbonyl (C=S) groups is 1. The Hall–Kier alpha value is -2.37. The van der Waals surface area contributed by atoms with Gasteiger partial charge >= 0.3 is 0 Å². The van der Waals surface area contributed by atoms with Crippen molar-refractivity contribution in [2.75, 3.05) is 6.54 Å². The van der Waals surface area contributed by atoms with E-state index in [0.717, 1.165) is 28.1 Å². The number of rotatable bonds is 4. The average Bonchev–Trinajstić information content (AvgIpc) is 3.17. The van der Waals surface area contributed by atoms with E-state index in [9.17, 15) is 0 Å². The average molecular weight is 411 g/mol. The van der Waals surface area contributed by atoms with Crippen molar-refractivity contribution in [3.8, 4) is 5.69 Å². The lowest BCUT2D eigenvalue weighted by Crippen LogP contribution is -2.29. The van der Waals surface area contributed by atoms with Crippen LogP contribution in [0.25, 0.3) is 5.69 Å². The van der Waals surface area contributed by atoms with Crippen LogP contribution in [-0.2, 0) is 0 Å². The summed E-state index contributed by atoms with van der Waals surface area (Å²) in [4.78, 5) is 6.84. The van der Waals surface area contributed by atoms with E-state index in [1.54, 1.807) is 0 Å². The number of nitrogens with zero attached hydrogens (tertiary/aromatic N) is 3. The third kappa shape index (κ3) is 3.19. The van der Waals surface area contributed by atoms with E-state index in [1.807, 2.05) is 36.5 Å². The van der Waals surface area contributed by atoms with Gasteiger partial charge in [0.1, 0.15) is 0 Å². The molecule has 4 nitrogen and oxygen atoms in total. The van der Waals surface area contributed by atoms with Gasteiger partial charge in [-0.2, -0.15) is 0 Å². The third-order valence-corrected chi connectivity index (χ3v) is 5.98. The Bertz CT molecular complexity index is 1010. The molecule has 1 fully saturated rings. The summed E-state index contributed by atoms with van der Waals surface area (Å²) in [7, 11) is 0. The highest BCUT2D eigenvalue weighted by Gasteiger charge is 2.40. The third-order valence-electron chi connectivity index (χ3n) is 5.39. The Balaban J connectivity index is 1.84. The number of benzene rings is 1. The molecule has 2 atom stereocenters. The highest BCUT2D eigenvalue weighted by Crippen LogP contribution is 2.41. The van der Waals surface area contributed by atoms with Crippen LogP contribution in [0.5, 0.6) is 0 Å². The molecule has 2 aromatic heterocycles.